The number of alkyl carbamates (subject to hydrolysis) is 1. The zero-order valence-electron chi connectivity index (χ0n) is 12.6. The van der Waals surface area contributed by atoms with Crippen LogP contribution in [0.5, 0.6) is 0 Å². The lowest BCUT2D eigenvalue weighted by atomic mass is 10.1. The van der Waals surface area contributed by atoms with Gasteiger partial charge in [-0.2, -0.15) is 0 Å². The van der Waals surface area contributed by atoms with Gasteiger partial charge in [-0.3, -0.25) is 10.1 Å². The standard InChI is InChI=1S/C17H15N3O4/c21-15-14(24-17(23)20-15)12-6-8-13(9-7-12)19-16(22)18-10-11-4-2-1-3-5-11/h1-9,14H,10H2,(H2,18,19,22)(H,20,21,23). The number of rotatable bonds is 4. The molecule has 0 radical (unpaired) electrons. The van der Waals surface area contributed by atoms with E-state index in [-0.39, 0.29) is 6.03 Å². The van der Waals surface area contributed by atoms with Crippen LogP contribution in [0.25, 0.3) is 0 Å². The molecule has 1 saturated heterocycles. The van der Waals surface area contributed by atoms with Gasteiger partial charge in [0.25, 0.3) is 5.91 Å². The van der Waals surface area contributed by atoms with Crippen LogP contribution in [-0.4, -0.2) is 18.0 Å². The van der Waals surface area contributed by atoms with E-state index in [1.165, 1.54) is 0 Å². The first-order valence-electron chi connectivity index (χ1n) is 7.32. The number of benzene rings is 2. The van der Waals surface area contributed by atoms with Crippen molar-refractivity contribution >= 4 is 23.7 Å². The lowest BCUT2D eigenvalue weighted by Gasteiger charge is -2.10. The zero-order valence-corrected chi connectivity index (χ0v) is 12.6. The molecule has 0 saturated carbocycles. The van der Waals surface area contributed by atoms with Crippen molar-refractivity contribution in [3.05, 3.63) is 65.7 Å². The molecule has 24 heavy (non-hydrogen) atoms. The maximum absolute atomic E-state index is 11.9. The smallest absolute Gasteiger partial charge is 0.415 e. The van der Waals surface area contributed by atoms with Gasteiger partial charge in [-0.05, 0) is 17.7 Å². The summed E-state index contributed by atoms with van der Waals surface area (Å²) >= 11 is 0. The number of hydrogen-bond acceptors (Lipinski definition) is 4. The molecule has 2 aromatic carbocycles. The summed E-state index contributed by atoms with van der Waals surface area (Å²) in [6.45, 7) is 0.420. The fourth-order valence-electron chi connectivity index (χ4n) is 2.27. The molecule has 4 amide bonds. The number of ether oxygens (including phenoxy) is 1. The molecule has 3 N–H and O–H groups in total. The van der Waals surface area contributed by atoms with Crippen LogP contribution < -0.4 is 16.0 Å². The minimum atomic E-state index is -0.946. The van der Waals surface area contributed by atoms with E-state index >= 15 is 0 Å². The Hall–Kier alpha value is -3.35. The topological polar surface area (TPSA) is 96.5 Å². The van der Waals surface area contributed by atoms with Gasteiger partial charge >= 0.3 is 12.1 Å². The van der Waals surface area contributed by atoms with E-state index in [1.807, 2.05) is 30.3 Å². The van der Waals surface area contributed by atoms with Crippen molar-refractivity contribution in [1.82, 2.24) is 10.6 Å². The van der Waals surface area contributed by atoms with Crippen LogP contribution in [0.1, 0.15) is 17.2 Å². The molecule has 0 aromatic heterocycles. The molecule has 7 heteroatoms. The number of nitrogens with one attached hydrogen (secondary N) is 3. The fraction of sp³-hybridized carbons (Fsp3) is 0.118. The Balaban J connectivity index is 1.55. The van der Waals surface area contributed by atoms with Gasteiger partial charge in [0.1, 0.15) is 0 Å². The van der Waals surface area contributed by atoms with Crippen LogP contribution in [-0.2, 0) is 16.1 Å². The number of urea groups is 1. The van der Waals surface area contributed by atoms with Crippen LogP contribution >= 0.6 is 0 Å². The predicted octanol–water partition coefficient (Wildman–Crippen LogP) is 2.32. The second-order valence-electron chi connectivity index (χ2n) is 5.19. The molecule has 1 aliphatic heterocycles. The van der Waals surface area contributed by atoms with E-state index in [1.54, 1.807) is 24.3 Å². The maximum Gasteiger partial charge on any atom is 0.415 e. The predicted molar refractivity (Wildman–Crippen MR) is 86.1 cm³/mol. The van der Waals surface area contributed by atoms with Gasteiger partial charge in [0, 0.05) is 17.8 Å². The highest BCUT2D eigenvalue weighted by atomic mass is 16.6. The monoisotopic (exact) mass is 325 g/mol. The van der Waals surface area contributed by atoms with E-state index in [2.05, 4.69) is 16.0 Å². The highest BCUT2D eigenvalue weighted by Crippen LogP contribution is 2.23. The average molecular weight is 325 g/mol. The summed E-state index contributed by atoms with van der Waals surface area (Å²) in [5.41, 5.74) is 2.10. The molecule has 2 aromatic rings. The SMILES string of the molecule is O=C(NCc1ccccc1)Nc1ccc(C2OC(=O)NC2=O)cc1. The summed E-state index contributed by atoms with van der Waals surface area (Å²) in [6, 6.07) is 15.7. The molecule has 1 fully saturated rings. The minimum Gasteiger partial charge on any atom is -0.431 e. The summed E-state index contributed by atoms with van der Waals surface area (Å²) in [5, 5.41) is 7.50. The highest BCUT2D eigenvalue weighted by Gasteiger charge is 2.33. The lowest BCUT2D eigenvalue weighted by Crippen LogP contribution is -2.28. The number of anilines is 1. The Bertz CT molecular complexity index is 759. The van der Waals surface area contributed by atoms with Crippen molar-refractivity contribution in [1.29, 1.82) is 0 Å². The molecular weight excluding hydrogens is 310 g/mol. The molecule has 1 atom stereocenters. The number of imide groups is 1. The maximum atomic E-state index is 11.9. The zero-order chi connectivity index (χ0) is 16.9. The van der Waals surface area contributed by atoms with Crippen LogP contribution in [0.15, 0.2) is 54.6 Å². The van der Waals surface area contributed by atoms with Crippen molar-refractivity contribution in [3.8, 4) is 0 Å². The Kier molecular flexibility index (Phi) is 4.42. The van der Waals surface area contributed by atoms with E-state index < -0.39 is 18.1 Å². The van der Waals surface area contributed by atoms with E-state index in [4.69, 9.17) is 4.74 Å². The third kappa shape index (κ3) is 3.70. The van der Waals surface area contributed by atoms with Crippen molar-refractivity contribution in [2.45, 2.75) is 12.6 Å². The van der Waals surface area contributed by atoms with E-state index in [0.29, 0.717) is 17.8 Å². The molecule has 0 spiro atoms. The summed E-state index contributed by atoms with van der Waals surface area (Å²) in [6.07, 6.45) is -1.70. The molecular formula is C17H15N3O4. The minimum absolute atomic E-state index is 0.336. The normalized spacial score (nSPS) is 16.2. The van der Waals surface area contributed by atoms with Crippen LogP contribution in [0, 0.1) is 0 Å². The third-order valence-electron chi connectivity index (χ3n) is 3.46. The number of amides is 4. The molecule has 1 heterocycles. The second kappa shape index (κ2) is 6.82. The molecule has 3 rings (SSSR count). The molecule has 1 aliphatic rings. The lowest BCUT2D eigenvalue weighted by molar-refractivity contribution is -0.123. The summed E-state index contributed by atoms with van der Waals surface area (Å²) < 4.78 is 4.87. The molecule has 0 aliphatic carbocycles. The second-order valence-corrected chi connectivity index (χ2v) is 5.19. The number of hydrogen-bond donors (Lipinski definition) is 3. The Morgan fingerprint density at radius 2 is 1.75 bits per heavy atom. The van der Waals surface area contributed by atoms with E-state index in [9.17, 15) is 14.4 Å². The van der Waals surface area contributed by atoms with Crippen LogP contribution in [0.3, 0.4) is 0 Å². The molecule has 0 bridgehead atoms. The first-order valence-corrected chi connectivity index (χ1v) is 7.32. The number of carbonyl (C=O) groups is 3. The largest absolute Gasteiger partial charge is 0.431 e. The summed E-state index contributed by atoms with van der Waals surface area (Å²) in [5.74, 6) is -0.499. The molecule has 122 valence electrons. The molecule has 1 unspecified atom stereocenters. The van der Waals surface area contributed by atoms with Crippen molar-refractivity contribution < 1.29 is 19.1 Å². The first kappa shape index (κ1) is 15.5. The Labute approximate surface area is 138 Å². The van der Waals surface area contributed by atoms with Gasteiger partial charge in [0.15, 0.2) is 0 Å². The first-order chi connectivity index (χ1) is 11.6. The third-order valence-corrected chi connectivity index (χ3v) is 3.46. The van der Waals surface area contributed by atoms with Gasteiger partial charge in [-0.25, -0.2) is 9.59 Å². The van der Waals surface area contributed by atoms with Gasteiger partial charge in [0.05, 0.1) is 0 Å². The quantitative estimate of drug-likeness (QED) is 0.803. The van der Waals surface area contributed by atoms with E-state index in [0.717, 1.165) is 5.56 Å². The van der Waals surface area contributed by atoms with Gasteiger partial charge in [-0.15, -0.1) is 0 Å². The van der Waals surface area contributed by atoms with Crippen LogP contribution in [0.4, 0.5) is 15.3 Å². The number of carbonyl (C=O) groups excluding carboxylic acids is 3. The molecule has 7 nitrogen and oxygen atoms in total. The highest BCUT2D eigenvalue weighted by molar-refractivity contribution is 6.00. The average Bonchev–Trinajstić information content (AvgIpc) is 2.93. The Morgan fingerprint density at radius 3 is 2.38 bits per heavy atom. The van der Waals surface area contributed by atoms with Gasteiger partial charge < -0.3 is 15.4 Å². The summed E-state index contributed by atoms with van der Waals surface area (Å²) in [4.78, 5) is 34.4. The van der Waals surface area contributed by atoms with Gasteiger partial charge in [-0.1, -0.05) is 42.5 Å². The van der Waals surface area contributed by atoms with Crippen molar-refractivity contribution in [2.75, 3.05) is 5.32 Å². The van der Waals surface area contributed by atoms with Crippen molar-refractivity contribution in [3.63, 3.8) is 0 Å². The van der Waals surface area contributed by atoms with Gasteiger partial charge in [0.2, 0.25) is 6.10 Å². The number of cyclic esters (lactones) is 1. The summed E-state index contributed by atoms with van der Waals surface area (Å²) in [7, 11) is 0. The fourth-order valence-corrected chi connectivity index (χ4v) is 2.27. The van der Waals surface area contributed by atoms with Crippen LogP contribution in [0.2, 0.25) is 0 Å². The van der Waals surface area contributed by atoms with Crippen molar-refractivity contribution in [2.24, 2.45) is 0 Å². The Morgan fingerprint density at radius 1 is 1.04 bits per heavy atom.